The van der Waals surface area contributed by atoms with Gasteiger partial charge in [-0.25, -0.2) is 0 Å². The largest absolute Gasteiger partial charge is 0.367 e. The molecule has 1 aliphatic heterocycles. The number of para-hydroxylation sites is 1. The van der Waals surface area contributed by atoms with Gasteiger partial charge >= 0.3 is 0 Å². The number of hydrogen-bond donors (Lipinski definition) is 0. The summed E-state index contributed by atoms with van der Waals surface area (Å²) in [5.41, 5.74) is 4.94. The van der Waals surface area contributed by atoms with Crippen LogP contribution in [0.4, 0.5) is 5.69 Å². The minimum absolute atomic E-state index is 0.0431. The average Bonchev–Trinajstić information content (AvgIpc) is 2.70. The molecule has 4 rings (SSSR count). The molecule has 0 amide bonds. The minimum atomic E-state index is -0.0431. The highest BCUT2D eigenvalue weighted by atomic mass is 16.1. The molecule has 1 aliphatic rings. The van der Waals surface area contributed by atoms with E-state index in [1.165, 1.54) is 16.8 Å². The zero-order chi connectivity index (χ0) is 17.8. The van der Waals surface area contributed by atoms with E-state index in [4.69, 9.17) is 0 Å². The van der Waals surface area contributed by atoms with E-state index in [0.717, 1.165) is 31.4 Å². The number of rotatable bonds is 5. The highest BCUT2D eigenvalue weighted by Gasteiger charge is 2.33. The topological polar surface area (TPSA) is 20.3 Å². The van der Waals surface area contributed by atoms with Gasteiger partial charge < -0.3 is 9.69 Å². The third kappa shape index (κ3) is 3.41. The van der Waals surface area contributed by atoms with Crippen molar-refractivity contribution in [2.24, 2.45) is 5.92 Å². The Bertz CT molecular complexity index is 860. The normalized spacial score (nSPS) is 19.0. The Morgan fingerprint density at radius 2 is 1.42 bits per heavy atom. The highest BCUT2D eigenvalue weighted by Crippen LogP contribution is 2.39. The average molecular weight is 341 g/mol. The Morgan fingerprint density at radius 1 is 0.808 bits per heavy atom. The Morgan fingerprint density at radius 3 is 2.12 bits per heavy atom. The van der Waals surface area contributed by atoms with Crippen LogP contribution in [-0.4, -0.2) is 12.8 Å². The summed E-state index contributed by atoms with van der Waals surface area (Å²) in [5, 5.41) is 0. The Balaban J connectivity index is 1.67. The summed E-state index contributed by atoms with van der Waals surface area (Å²) in [6.07, 6.45) is 2.07. The number of fused-ring (bicyclic) bond motifs is 1. The van der Waals surface area contributed by atoms with E-state index < -0.39 is 0 Å². The van der Waals surface area contributed by atoms with Gasteiger partial charge in [-0.05, 0) is 35.1 Å². The summed E-state index contributed by atoms with van der Waals surface area (Å²) in [6, 6.07) is 29.4. The van der Waals surface area contributed by atoms with Gasteiger partial charge in [0.15, 0.2) is 0 Å². The predicted octanol–water partition coefficient (Wildman–Crippen LogP) is 4.85. The SMILES string of the molecule is O=CC1c2ccccc2N(Cc2ccccc2)CC1Cc1ccccc1. The fraction of sp³-hybridized carbons (Fsp3) is 0.208. The summed E-state index contributed by atoms with van der Waals surface area (Å²) in [5.74, 6) is 0.243. The molecule has 2 atom stereocenters. The summed E-state index contributed by atoms with van der Waals surface area (Å²) < 4.78 is 0. The number of anilines is 1. The molecule has 0 saturated carbocycles. The first-order valence-corrected chi connectivity index (χ1v) is 9.22. The van der Waals surface area contributed by atoms with Gasteiger partial charge in [-0.3, -0.25) is 0 Å². The molecule has 0 N–H and O–H groups in total. The number of aldehydes is 1. The van der Waals surface area contributed by atoms with Gasteiger partial charge in [-0.15, -0.1) is 0 Å². The van der Waals surface area contributed by atoms with E-state index >= 15 is 0 Å². The van der Waals surface area contributed by atoms with Crippen molar-refractivity contribution in [3.63, 3.8) is 0 Å². The molecule has 2 heteroatoms. The van der Waals surface area contributed by atoms with Crippen LogP contribution in [0.5, 0.6) is 0 Å². The second-order valence-corrected chi connectivity index (χ2v) is 7.04. The van der Waals surface area contributed by atoms with Crippen molar-refractivity contribution in [2.75, 3.05) is 11.4 Å². The van der Waals surface area contributed by atoms with E-state index in [0.29, 0.717) is 0 Å². The summed E-state index contributed by atoms with van der Waals surface area (Å²) in [7, 11) is 0. The van der Waals surface area contributed by atoms with Crippen LogP contribution in [0.15, 0.2) is 84.9 Å². The third-order valence-electron chi connectivity index (χ3n) is 5.30. The maximum Gasteiger partial charge on any atom is 0.127 e. The fourth-order valence-corrected chi connectivity index (χ4v) is 4.05. The van der Waals surface area contributed by atoms with Crippen LogP contribution >= 0.6 is 0 Å². The van der Waals surface area contributed by atoms with E-state index in [1.54, 1.807) is 0 Å². The Labute approximate surface area is 155 Å². The molecule has 0 radical (unpaired) electrons. The smallest absolute Gasteiger partial charge is 0.127 e. The molecule has 26 heavy (non-hydrogen) atoms. The number of carbonyl (C=O) groups excluding carboxylic acids is 1. The van der Waals surface area contributed by atoms with E-state index in [9.17, 15) is 4.79 Å². The second-order valence-electron chi connectivity index (χ2n) is 7.04. The van der Waals surface area contributed by atoms with E-state index in [2.05, 4.69) is 71.6 Å². The Hall–Kier alpha value is -2.87. The minimum Gasteiger partial charge on any atom is -0.367 e. The quantitative estimate of drug-likeness (QED) is 0.618. The van der Waals surface area contributed by atoms with Gasteiger partial charge in [0.2, 0.25) is 0 Å². The van der Waals surface area contributed by atoms with Crippen molar-refractivity contribution in [1.29, 1.82) is 0 Å². The van der Waals surface area contributed by atoms with Crippen LogP contribution < -0.4 is 4.90 Å². The lowest BCUT2D eigenvalue weighted by Crippen LogP contribution is -2.39. The van der Waals surface area contributed by atoms with Gasteiger partial charge in [-0.1, -0.05) is 78.9 Å². The van der Waals surface area contributed by atoms with Crippen molar-refractivity contribution in [1.82, 2.24) is 0 Å². The fourth-order valence-electron chi connectivity index (χ4n) is 4.05. The standard InChI is InChI=1S/C24H23NO/c26-18-23-21(15-19-9-3-1-4-10-19)17-25(16-20-11-5-2-6-12-20)24-14-8-7-13-22(23)24/h1-14,18,21,23H,15-17H2. The van der Waals surface area contributed by atoms with Crippen LogP contribution in [0.25, 0.3) is 0 Å². The van der Waals surface area contributed by atoms with Crippen LogP contribution in [0.3, 0.4) is 0 Å². The zero-order valence-electron chi connectivity index (χ0n) is 14.8. The molecule has 0 aliphatic carbocycles. The molecule has 0 aromatic heterocycles. The van der Waals surface area contributed by atoms with Crippen molar-refractivity contribution >= 4 is 12.0 Å². The van der Waals surface area contributed by atoms with Gasteiger partial charge in [0, 0.05) is 24.7 Å². The summed E-state index contributed by atoms with van der Waals surface area (Å²) in [4.78, 5) is 14.4. The first-order valence-electron chi connectivity index (χ1n) is 9.22. The van der Waals surface area contributed by atoms with Gasteiger partial charge in [0.05, 0.1) is 0 Å². The third-order valence-corrected chi connectivity index (χ3v) is 5.30. The van der Waals surface area contributed by atoms with Crippen molar-refractivity contribution in [2.45, 2.75) is 18.9 Å². The van der Waals surface area contributed by atoms with Crippen molar-refractivity contribution < 1.29 is 4.79 Å². The van der Waals surface area contributed by atoms with Gasteiger partial charge in [-0.2, -0.15) is 0 Å². The molecule has 2 unspecified atom stereocenters. The second kappa shape index (κ2) is 7.57. The van der Waals surface area contributed by atoms with Crippen LogP contribution in [-0.2, 0) is 17.8 Å². The molecule has 130 valence electrons. The molecule has 3 aromatic carbocycles. The monoisotopic (exact) mass is 341 g/mol. The molecule has 1 heterocycles. The lowest BCUT2D eigenvalue weighted by atomic mass is 9.79. The van der Waals surface area contributed by atoms with Crippen molar-refractivity contribution in [3.8, 4) is 0 Å². The number of carbonyl (C=O) groups is 1. The molecule has 0 fully saturated rings. The molecular weight excluding hydrogens is 318 g/mol. The molecule has 2 nitrogen and oxygen atoms in total. The highest BCUT2D eigenvalue weighted by molar-refractivity contribution is 5.71. The first kappa shape index (κ1) is 16.6. The maximum atomic E-state index is 12.0. The van der Waals surface area contributed by atoms with Gasteiger partial charge in [0.25, 0.3) is 0 Å². The summed E-state index contributed by atoms with van der Waals surface area (Å²) >= 11 is 0. The first-order chi connectivity index (χ1) is 12.8. The predicted molar refractivity (Wildman–Crippen MR) is 106 cm³/mol. The van der Waals surface area contributed by atoms with Crippen LogP contribution in [0, 0.1) is 5.92 Å². The maximum absolute atomic E-state index is 12.0. The van der Waals surface area contributed by atoms with Gasteiger partial charge in [0.1, 0.15) is 6.29 Å². The van der Waals surface area contributed by atoms with E-state index in [-0.39, 0.29) is 11.8 Å². The lowest BCUT2D eigenvalue weighted by molar-refractivity contribution is -0.110. The number of benzene rings is 3. The molecular formula is C24H23NO. The lowest BCUT2D eigenvalue weighted by Gasteiger charge is -2.39. The molecule has 0 bridgehead atoms. The van der Waals surface area contributed by atoms with Crippen molar-refractivity contribution in [3.05, 3.63) is 102 Å². The molecule has 0 saturated heterocycles. The number of nitrogens with zero attached hydrogens (tertiary/aromatic N) is 1. The number of hydrogen-bond acceptors (Lipinski definition) is 2. The van der Waals surface area contributed by atoms with Crippen LogP contribution in [0.1, 0.15) is 22.6 Å². The molecule has 3 aromatic rings. The zero-order valence-corrected chi connectivity index (χ0v) is 14.8. The summed E-state index contributed by atoms with van der Waals surface area (Å²) in [6.45, 7) is 1.76. The molecule has 0 spiro atoms. The van der Waals surface area contributed by atoms with E-state index in [1.807, 2.05) is 18.2 Å². The Kier molecular flexibility index (Phi) is 4.83. The van der Waals surface area contributed by atoms with Crippen LogP contribution in [0.2, 0.25) is 0 Å².